The van der Waals surface area contributed by atoms with Crippen molar-refractivity contribution in [1.82, 2.24) is 4.72 Å². The summed E-state index contributed by atoms with van der Waals surface area (Å²) in [5.74, 6) is 0.0628. The smallest absolute Gasteiger partial charge is 0.125 e. The van der Waals surface area contributed by atoms with Crippen LogP contribution in [0.2, 0.25) is 0 Å². The quantitative estimate of drug-likeness (QED) is 0.561. The van der Waals surface area contributed by atoms with E-state index in [1.807, 2.05) is 0 Å². The molecule has 1 heterocycles. The van der Waals surface area contributed by atoms with E-state index in [1.54, 1.807) is 0 Å². The third kappa shape index (κ3) is 4.28. The van der Waals surface area contributed by atoms with E-state index in [4.69, 9.17) is 4.99 Å². The number of hydrogen-bond acceptors (Lipinski definition) is 3. The Morgan fingerprint density at radius 3 is 2.44 bits per heavy atom. The minimum absolute atomic E-state index is 0.0628. The fourth-order valence-corrected chi connectivity index (χ4v) is 4.36. The van der Waals surface area contributed by atoms with Gasteiger partial charge in [0.05, 0.1) is 5.04 Å². The van der Waals surface area contributed by atoms with Crippen LogP contribution in [0.5, 0.6) is 0 Å². The van der Waals surface area contributed by atoms with Gasteiger partial charge in [-0.3, -0.25) is 0 Å². The van der Waals surface area contributed by atoms with Crippen molar-refractivity contribution < 1.29 is 4.39 Å². The summed E-state index contributed by atoms with van der Waals surface area (Å²) in [6, 6.07) is 0. The number of nitrogens with one attached hydrogen (secondary N) is 1. The van der Waals surface area contributed by atoms with Crippen LogP contribution >= 0.6 is 11.9 Å². The minimum Gasteiger partial charge on any atom is -0.325 e. The van der Waals surface area contributed by atoms with Gasteiger partial charge < -0.3 is 4.72 Å². The van der Waals surface area contributed by atoms with E-state index >= 15 is 0 Å². The summed E-state index contributed by atoms with van der Waals surface area (Å²) in [7, 11) is 0. The zero-order valence-electron chi connectivity index (χ0n) is 15.7. The second-order valence-electron chi connectivity index (χ2n) is 8.17. The van der Waals surface area contributed by atoms with Gasteiger partial charge >= 0.3 is 0 Å². The summed E-state index contributed by atoms with van der Waals surface area (Å²) < 4.78 is 18.2. The molecule has 1 fully saturated rings. The van der Waals surface area contributed by atoms with Crippen molar-refractivity contribution in [1.29, 1.82) is 0 Å². The molecule has 2 aliphatic carbocycles. The molecule has 1 aliphatic heterocycles. The molecule has 0 atom stereocenters. The van der Waals surface area contributed by atoms with Gasteiger partial charge in [-0.1, -0.05) is 33.4 Å². The van der Waals surface area contributed by atoms with Crippen LogP contribution in [0, 0.1) is 5.41 Å². The van der Waals surface area contributed by atoms with Crippen molar-refractivity contribution in [3.05, 3.63) is 46.6 Å². The lowest BCUT2D eigenvalue weighted by Crippen LogP contribution is -2.09. The highest BCUT2D eigenvalue weighted by Crippen LogP contribution is 2.40. The van der Waals surface area contributed by atoms with E-state index in [1.165, 1.54) is 11.9 Å². The van der Waals surface area contributed by atoms with E-state index in [2.05, 4.69) is 38.1 Å². The molecule has 0 radical (unpaired) electrons. The molecule has 0 aromatic heterocycles. The molecule has 3 aliphatic rings. The van der Waals surface area contributed by atoms with E-state index in [-0.39, 0.29) is 11.2 Å². The van der Waals surface area contributed by atoms with Gasteiger partial charge in [0.15, 0.2) is 0 Å². The molecule has 1 N–H and O–H groups in total. The molecule has 0 saturated heterocycles. The lowest BCUT2D eigenvalue weighted by molar-refractivity contribution is 0.500. The Morgan fingerprint density at radius 2 is 1.80 bits per heavy atom. The van der Waals surface area contributed by atoms with Crippen molar-refractivity contribution in [2.75, 3.05) is 0 Å². The van der Waals surface area contributed by atoms with Crippen LogP contribution in [-0.2, 0) is 0 Å². The van der Waals surface area contributed by atoms with E-state index < -0.39 is 0 Å². The van der Waals surface area contributed by atoms with Crippen molar-refractivity contribution in [2.24, 2.45) is 10.4 Å². The van der Waals surface area contributed by atoms with E-state index in [9.17, 15) is 4.39 Å². The maximum atomic E-state index is 14.9. The first-order chi connectivity index (χ1) is 11.9. The Kier molecular flexibility index (Phi) is 5.57. The number of rotatable bonds is 4. The molecule has 0 spiro atoms. The van der Waals surface area contributed by atoms with Gasteiger partial charge in [0.25, 0.3) is 0 Å². The lowest BCUT2D eigenvalue weighted by Gasteiger charge is -2.17. The molecule has 0 bridgehead atoms. The SMILES string of the molecule is C=C(NSC1=NC(C(C)(C)C)=CC1)C1=C(C(F)=C2CCCC2)CCC1. The molecule has 4 heteroatoms. The van der Waals surface area contributed by atoms with Crippen LogP contribution in [-0.4, -0.2) is 5.04 Å². The van der Waals surface area contributed by atoms with Crippen LogP contribution in [0.1, 0.15) is 72.1 Å². The van der Waals surface area contributed by atoms with Gasteiger partial charge in [-0.05, 0) is 61.7 Å². The number of hydrogen-bond donors (Lipinski definition) is 1. The maximum Gasteiger partial charge on any atom is 0.125 e. The first kappa shape index (κ1) is 18.5. The van der Waals surface area contributed by atoms with Crippen LogP contribution in [0.15, 0.2) is 51.6 Å². The van der Waals surface area contributed by atoms with Gasteiger partial charge in [0.2, 0.25) is 0 Å². The summed E-state index contributed by atoms with van der Waals surface area (Å²) in [6.45, 7) is 10.7. The van der Waals surface area contributed by atoms with Gasteiger partial charge in [-0.25, -0.2) is 9.38 Å². The summed E-state index contributed by atoms with van der Waals surface area (Å²) in [5, 5.41) is 1.06. The number of aliphatic imine (C=N–C) groups is 1. The molecule has 0 unspecified atom stereocenters. The van der Waals surface area contributed by atoms with Crippen LogP contribution in [0.25, 0.3) is 0 Å². The predicted octanol–water partition coefficient (Wildman–Crippen LogP) is 6.75. The lowest BCUT2D eigenvalue weighted by atomic mass is 9.92. The number of halogens is 1. The fraction of sp³-hybridized carbons (Fsp3) is 0.571. The Bertz CT molecular complexity index is 681. The Labute approximate surface area is 155 Å². The van der Waals surface area contributed by atoms with Gasteiger partial charge in [0.1, 0.15) is 5.83 Å². The first-order valence-corrected chi connectivity index (χ1v) is 10.2. The average molecular weight is 361 g/mol. The van der Waals surface area contributed by atoms with Gasteiger partial charge in [-0.2, -0.15) is 0 Å². The highest BCUT2D eigenvalue weighted by molar-refractivity contribution is 8.12. The maximum absolute atomic E-state index is 14.9. The number of allylic oxidation sites excluding steroid dienone is 6. The standard InChI is InChI=1S/C21H29FN2S/c1-14(24-25-19-13-12-18(23-19)21(2,3)4)16-10-7-11-17(16)20(22)15-8-5-6-9-15/h12,24H,1,5-11,13H2,2-4H3. The summed E-state index contributed by atoms with van der Waals surface area (Å²) in [5.41, 5.74) is 5.06. The van der Waals surface area contributed by atoms with Gasteiger partial charge in [-0.15, -0.1) is 0 Å². The largest absolute Gasteiger partial charge is 0.325 e. The van der Waals surface area contributed by atoms with Gasteiger partial charge in [0, 0.05) is 35.2 Å². The highest BCUT2D eigenvalue weighted by Gasteiger charge is 2.25. The fourth-order valence-electron chi connectivity index (χ4n) is 3.68. The van der Waals surface area contributed by atoms with Crippen molar-refractivity contribution >= 4 is 17.0 Å². The molecule has 0 amide bonds. The van der Waals surface area contributed by atoms with E-state index in [0.717, 1.165) is 84.5 Å². The Morgan fingerprint density at radius 1 is 1.12 bits per heavy atom. The highest BCUT2D eigenvalue weighted by atomic mass is 32.2. The molecule has 0 aromatic carbocycles. The zero-order chi connectivity index (χ0) is 18.0. The molecule has 2 nitrogen and oxygen atoms in total. The predicted molar refractivity (Wildman–Crippen MR) is 107 cm³/mol. The minimum atomic E-state index is 0.0628. The number of nitrogens with zero attached hydrogens (tertiary/aromatic N) is 1. The van der Waals surface area contributed by atoms with Crippen molar-refractivity contribution in [2.45, 2.75) is 72.1 Å². The zero-order valence-corrected chi connectivity index (χ0v) is 16.5. The average Bonchev–Trinajstić information content (AvgIpc) is 3.32. The molecule has 25 heavy (non-hydrogen) atoms. The Hall–Kier alpha value is -1.29. The summed E-state index contributed by atoms with van der Waals surface area (Å²) in [4.78, 5) is 4.71. The normalized spacial score (nSPS) is 20.9. The third-order valence-electron chi connectivity index (χ3n) is 5.14. The second-order valence-corrected chi connectivity index (χ2v) is 9.05. The summed E-state index contributed by atoms with van der Waals surface area (Å²) >= 11 is 1.52. The van der Waals surface area contributed by atoms with Crippen LogP contribution in [0.3, 0.4) is 0 Å². The van der Waals surface area contributed by atoms with E-state index in [0.29, 0.717) is 0 Å². The molecule has 0 aromatic rings. The van der Waals surface area contributed by atoms with Crippen LogP contribution in [0.4, 0.5) is 4.39 Å². The molecule has 1 saturated carbocycles. The molecular weight excluding hydrogens is 331 g/mol. The Balaban J connectivity index is 1.65. The van der Waals surface area contributed by atoms with Crippen molar-refractivity contribution in [3.8, 4) is 0 Å². The second kappa shape index (κ2) is 7.53. The molecule has 136 valence electrons. The van der Waals surface area contributed by atoms with Crippen LogP contribution < -0.4 is 4.72 Å². The first-order valence-electron chi connectivity index (χ1n) is 9.36. The summed E-state index contributed by atoms with van der Waals surface area (Å²) in [6.07, 6.45) is 9.94. The molecule has 3 rings (SSSR count). The molecular formula is C21H29FN2S. The monoisotopic (exact) mass is 360 g/mol. The third-order valence-corrected chi connectivity index (χ3v) is 5.98. The topological polar surface area (TPSA) is 24.4 Å². The van der Waals surface area contributed by atoms with Crippen molar-refractivity contribution in [3.63, 3.8) is 0 Å².